The fraction of sp³-hybridized carbons (Fsp3) is 0. The Morgan fingerprint density at radius 2 is 2.00 bits per heavy atom. The van der Waals surface area contributed by atoms with Crippen molar-refractivity contribution in [3.05, 3.63) is 28.7 Å². The van der Waals surface area contributed by atoms with E-state index in [2.05, 4.69) is 31.6 Å². The van der Waals surface area contributed by atoms with E-state index >= 15 is 0 Å². The standard InChI is InChI=1S/C7H7BrN4S/c8-5-1-3-6(4-2-5)10-7(13)11-12-9/h1-4H,(H3,9,10,11,13). The zero-order chi connectivity index (χ0) is 9.68. The second-order valence-electron chi connectivity index (χ2n) is 2.15. The first-order valence-corrected chi connectivity index (χ1v) is 4.60. The van der Waals surface area contributed by atoms with Crippen LogP contribution in [-0.2, 0) is 0 Å². The van der Waals surface area contributed by atoms with Gasteiger partial charge in [-0.3, -0.25) is 0 Å². The number of hydrogen-bond donors (Lipinski definition) is 2. The van der Waals surface area contributed by atoms with Crippen molar-refractivity contribution in [1.82, 2.24) is 0 Å². The van der Waals surface area contributed by atoms with Gasteiger partial charge in [0.25, 0.3) is 0 Å². The molecule has 0 bridgehead atoms. The van der Waals surface area contributed by atoms with Crippen LogP contribution in [0.1, 0.15) is 0 Å². The van der Waals surface area contributed by atoms with Gasteiger partial charge in [-0.2, -0.15) is 0 Å². The van der Waals surface area contributed by atoms with E-state index in [1.807, 2.05) is 24.3 Å². The third kappa shape index (κ3) is 3.47. The predicted octanol–water partition coefficient (Wildman–Crippen LogP) is 2.47. The van der Waals surface area contributed by atoms with E-state index in [4.69, 9.17) is 18.1 Å². The zero-order valence-electron chi connectivity index (χ0n) is 6.57. The zero-order valence-corrected chi connectivity index (χ0v) is 8.97. The number of benzene rings is 1. The summed E-state index contributed by atoms with van der Waals surface area (Å²) in [6.07, 6.45) is 0. The molecule has 0 aromatic heterocycles. The van der Waals surface area contributed by atoms with Crippen molar-refractivity contribution in [3.8, 4) is 0 Å². The summed E-state index contributed by atoms with van der Waals surface area (Å²) < 4.78 is 1.00. The van der Waals surface area contributed by atoms with Crippen LogP contribution in [0.2, 0.25) is 0 Å². The summed E-state index contributed by atoms with van der Waals surface area (Å²) in [7, 11) is 0. The van der Waals surface area contributed by atoms with Crippen LogP contribution in [0.15, 0.2) is 39.1 Å². The molecule has 3 N–H and O–H groups in total. The molecule has 13 heavy (non-hydrogen) atoms. The Bertz CT molecular complexity index is 322. The molecule has 1 rings (SSSR count). The summed E-state index contributed by atoms with van der Waals surface area (Å²) in [4.78, 5) is 0. The van der Waals surface area contributed by atoms with Gasteiger partial charge in [0.2, 0.25) is 5.11 Å². The van der Waals surface area contributed by atoms with Crippen LogP contribution in [0, 0.1) is 0 Å². The molecule has 0 aliphatic rings. The summed E-state index contributed by atoms with van der Waals surface area (Å²) in [5.41, 5.74) is 0.848. The molecule has 0 amide bonds. The van der Waals surface area contributed by atoms with E-state index in [-0.39, 0.29) is 5.11 Å². The van der Waals surface area contributed by atoms with Gasteiger partial charge in [0.05, 0.1) is 0 Å². The highest BCUT2D eigenvalue weighted by Gasteiger charge is 1.94. The molecule has 0 saturated heterocycles. The maximum absolute atomic E-state index is 4.83. The highest BCUT2D eigenvalue weighted by Crippen LogP contribution is 2.14. The molecular weight excluding hydrogens is 252 g/mol. The number of hydrogen-bond acceptors (Lipinski definition) is 2. The van der Waals surface area contributed by atoms with Crippen LogP contribution < -0.4 is 11.2 Å². The maximum Gasteiger partial charge on any atom is 0.220 e. The summed E-state index contributed by atoms with van der Waals surface area (Å²) in [5.74, 6) is 4.83. The molecule has 0 aliphatic heterocycles. The Morgan fingerprint density at radius 3 is 2.54 bits per heavy atom. The second kappa shape index (κ2) is 4.88. The molecular formula is C7H7BrN4S. The van der Waals surface area contributed by atoms with Gasteiger partial charge in [-0.05, 0) is 36.5 Å². The molecule has 68 valence electrons. The van der Waals surface area contributed by atoms with Gasteiger partial charge in [-0.25, -0.2) is 0 Å². The van der Waals surface area contributed by atoms with Crippen LogP contribution in [0.5, 0.6) is 0 Å². The number of thiocarbonyl (C=S) groups is 1. The molecule has 0 heterocycles. The molecule has 1 aromatic carbocycles. The van der Waals surface area contributed by atoms with Crippen molar-refractivity contribution in [2.45, 2.75) is 0 Å². The third-order valence-corrected chi connectivity index (χ3v) is 1.96. The van der Waals surface area contributed by atoms with Gasteiger partial charge in [-0.1, -0.05) is 21.2 Å². The molecule has 0 aliphatic carbocycles. The molecule has 0 fully saturated rings. The molecule has 0 atom stereocenters. The molecule has 4 nitrogen and oxygen atoms in total. The Balaban J connectivity index is 2.64. The number of halogens is 1. The SMILES string of the molecule is NN=NC(=S)Nc1ccc(Br)cc1. The third-order valence-electron chi connectivity index (χ3n) is 1.24. The lowest BCUT2D eigenvalue weighted by Gasteiger charge is -2.01. The van der Waals surface area contributed by atoms with Crippen molar-refractivity contribution in [2.24, 2.45) is 16.2 Å². The maximum atomic E-state index is 4.83. The van der Waals surface area contributed by atoms with Crippen LogP contribution in [0.3, 0.4) is 0 Å². The Morgan fingerprint density at radius 1 is 1.38 bits per heavy atom. The molecule has 0 spiro atoms. The van der Waals surface area contributed by atoms with Crippen molar-refractivity contribution >= 4 is 38.9 Å². The minimum atomic E-state index is 0.241. The Labute approximate surface area is 89.3 Å². The molecule has 0 unspecified atom stereocenters. The average molecular weight is 259 g/mol. The van der Waals surface area contributed by atoms with E-state index in [0.29, 0.717) is 0 Å². The lowest BCUT2D eigenvalue weighted by atomic mass is 10.3. The Kier molecular flexibility index (Phi) is 3.78. The highest BCUT2D eigenvalue weighted by molar-refractivity contribution is 9.10. The van der Waals surface area contributed by atoms with Crippen molar-refractivity contribution in [2.75, 3.05) is 5.32 Å². The number of nitrogens with zero attached hydrogens (tertiary/aromatic N) is 2. The molecule has 6 heteroatoms. The number of rotatable bonds is 1. The number of nitrogens with one attached hydrogen (secondary N) is 1. The second-order valence-corrected chi connectivity index (χ2v) is 3.45. The summed E-state index contributed by atoms with van der Waals surface area (Å²) in [6.45, 7) is 0. The first-order chi connectivity index (χ1) is 6.22. The fourth-order valence-electron chi connectivity index (χ4n) is 0.734. The van der Waals surface area contributed by atoms with E-state index in [0.717, 1.165) is 10.2 Å². The van der Waals surface area contributed by atoms with E-state index in [1.54, 1.807) is 0 Å². The van der Waals surface area contributed by atoms with Crippen LogP contribution in [0.25, 0.3) is 0 Å². The number of anilines is 1. The topological polar surface area (TPSA) is 62.8 Å². The van der Waals surface area contributed by atoms with Crippen LogP contribution >= 0.6 is 28.1 Å². The van der Waals surface area contributed by atoms with E-state index in [1.165, 1.54) is 0 Å². The highest BCUT2D eigenvalue weighted by atomic mass is 79.9. The van der Waals surface area contributed by atoms with Gasteiger partial charge >= 0.3 is 0 Å². The quantitative estimate of drug-likeness (QED) is 0.352. The minimum absolute atomic E-state index is 0.241. The van der Waals surface area contributed by atoms with Gasteiger partial charge < -0.3 is 11.2 Å². The Hall–Kier alpha value is -1.01. The van der Waals surface area contributed by atoms with Crippen LogP contribution in [0.4, 0.5) is 5.69 Å². The number of nitrogens with two attached hydrogens (primary N) is 1. The van der Waals surface area contributed by atoms with Crippen molar-refractivity contribution < 1.29 is 0 Å². The monoisotopic (exact) mass is 258 g/mol. The lowest BCUT2D eigenvalue weighted by molar-refractivity contribution is 1.09. The molecule has 1 aromatic rings. The molecule has 0 radical (unpaired) electrons. The van der Waals surface area contributed by atoms with Gasteiger partial charge in [0.1, 0.15) is 0 Å². The smallest absolute Gasteiger partial charge is 0.220 e. The largest absolute Gasteiger partial charge is 0.329 e. The van der Waals surface area contributed by atoms with E-state index < -0.39 is 0 Å². The van der Waals surface area contributed by atoms with E-state index in [9.17, 15) is 0 Å². The first-order valence-electron chi connectivity index (χ1n) is 3.40. The molecule has 0 saturated carbocycles. The average Bonchev–Trinajstić information content (AvgIpc) is 2.09. The summed E-state index contributed by atoms with van der Waals surface area (Å²) in [5, 5.41) is 9.60. The van der Waals surface area contributed by atoms with Crippen molar-refractivity contribution in [3.63, 3.8) is 0 Å². The van der Waals surface area contributed by atoms with Gasteiger partial charge in [-0.15, -0.1) is 5.11 Å². The van der Waals surface area contributed by atoms with Gasteiger partial charge in [0.15, 0.2) is 0 Å². The van der Waals surface area contributed by atoms with Crippen LogP contribution in [-0.4, -0.2) is 5.11 Å². The fourth-order valence-corrected chi connectivity index (χ4v) is 1.16. The normalized spacial score (nSPS) is 10.2. The lowest BCUT2D eigenvalue weighted by Crippen LogP contribution is -2.05. The minimum Gasteiger partial charge on any atom is -0.329 e. The summed E-state index contributed by atoms with van der Waals surface area (Å²) in [6, 6.07) is 7.51. The van der Waals surface area contributed by atoms with Gasteiger partial charge in [0, 0.05) is 10.2 Å². The van der Waals surface area contributed by atoms with Crippen molar-refractivity contribution in [1.29, 1.82) is 0 Å². The first kappa shape index (κ1) is 10.1. The predicted molar refractivity (Wildman–Crippen MR) is 59.4 cm³/mol. The summed E-state index contributed by atoms with van der Waals surface area (Å²) >= 11 is 8.12.